The van der Waals surface area contributed by atoms with Crippen LogP contribution in [0.3, 0.4) is 0 Å². The highest BCUT2D eigenvalue weighted by Crippen LogP contribution is 2.08. The molecule has 160 valence electrons. The third-order valence-electron chi connectivity index (χ3n) is 4.22. The van der Waals surface area contributed by atoms with E-state index in [1.54, 1.807) is 42.5 Å². The molecule has 1 aliphatic heterocycles. The number of aliphatic hydroxyl groups is 3. The second kappa shape index (κ2) is 15.7. The zero-order valence-electron chi connectivity index (χ0n) is 17.1. The van der Waals surface area contributed by atoms with Crippen LogP contribution in [0.2, 0.25) is 0 Å². The fourth-order valence-electron chi connectivity index (χ4n) is 2.67. The van der Waals surface area contributed by atoms with Crippen molar-refractivity contribution in [3.8, 4) is 0 Å². The number of hydrogen-bond acceptors (Lipinski definition) is 5. The summed E-state index contributed by atoms with van der Waals surface area (Å²) in [5.74, 6) is -0.359. The molecule has 0 amide bonds. The Hall–Kier alpha value is -2.21. The maximum Gasteiger partial charge on any atom is 0.331 e. The Morgan fingerprint density at radius 1 is 0.931 bits per heavy atom. The standard InChI is InChI=1S/C24H34O5/c1-20-13-8-4-2-6-10-15-22(26)19-23(27)17-12-16-21(25)14-9-5-3-7-11-18-24(28)29-20/h2-3,6-7,9-12,14-16,18,20-23,25-27H,4-5,8,13,17,19H2,1H3/b6-2+,7-3+,14-9+,15-10+,16-12-,18-11+. The molecule has 1 heterocycles. The van der Waals surface area contributed by atoms with Crippen molar-refractivity contribution in [2.24, 2.45) is 0 Å². The molecule has 0 aromatic carbocycles. The van der Waals surface area contributed by atoms with E-state index in [0.29, 0.717) is 12.8 Å². The van der Waals surface area contributed by atoms with Gasteiger partial charge in [0.25, 0.3) is 0 Å². The zero-order valence-corrected chi connectivity index (χ0v) is 17.1. The molecule has 1 aliphatic rings. The summed E-state index contributed by atoms with van der Waals surface area (Å²) in [6.45, 7) is 1.88. The molecule has 0 bridgehead atoms. The first-order chi connectivity index (χ1) is 14.0. The summed E-state index contributed by atoms with van der Waals surface area (Å²) in [6.07, 6.45) is 22.2. The second-order valence-corrected chi connectivity index (χ2v) is 7.05. The highest BCUT2D eigenvalue weighted by molar-refractivity contribution is 5.82. The van der Waals surface area contributed by atoms with Crippen molar-refractivity contribution in [3.63, 3.8) is 0 Å². The second-order valence-electron chi connectivity index (χ2n) is 7.05. The Morgan fingerprint density at radius 3 is 2.52 bits per heavy atom. The van der Waals surface area contributed by atoms with Gasteiger partial charge in [0.1, 0.15) is 0 Å². The monoisotopic (exact) mass is 402 g/mol. The number of aliphatic hydroxyl groups excluding tert-OH is 3. The van der Waals surface area contributed by atoms with E-state index in [4.69, 9.17) is 4.74 Å². The number of allylic oxidation sites excluding steroid dienone is 7. The summed E-state index contributed by atoms with van der Waals surface area (Å²) in [5, 5.41) is 29.8. The SMILES string of the molecule is CC1CCC/C=C/C=C/C(O)CC(O)C/C=C\C(O)/C=C/C/C=C/C=C/C(=O)O1. The van der Waals surface area contributed by atoms with E-state index in [1.807, 2.05) is 31.2 Å². The topological polar surface area (TPSA) is 87.0 Å². The number of cyclic esters (lactones) is 1. The number of hydrogen-bond donors (Lipinski definition) is 3. The van der Waals surface area contributed by atoms with Gasteiger partial charge in [-0.3, -0.25) is 0 Å². The molecule has 0 aliphatic carbocycles. The minimum atomic E-state index is -0.733. The van der Waals surface area contributed by atoms with Gasteiger partial charge in [0, 0.05) is 12.5 Å². The van der Waals surface area contributed by atoms with Crippen LogP contribution in [0, 0.1) is 0 Å². The molecular weight excluding hydrogens is 368 g/mol. The summed E-state index contributed by atoms with van der Waals surface area (Å²) < 4.78 is 5.32. The average Bonchev–Trinajstić information content (AvgIpc) is 2.65. The van der Waals surface area contributed by atoms with Crippen LogP contribution < -0.4 is 0 Å². The van der Waals surface area contributed by atoms with E-state index < -0.39 is 18.3 Å². The lowest BCUT2D eigenvalue weighted by molar-refractivity contribution is -0.142. The van der Waals surface area contributed by atoms with Gasteiger partial charge in [0.15, 0.2) is 0 Å². The molecule has 0 spiro atoms. The fraction of sp³-hybridized carbons (Fsp3) is 0.458. The van der Waals surface area contributed by atoms with Crippen molar-refractivity contribution in [2.45, 2.75) is 69.9 Å². The molecule has 0 saturated carbocycles. The van der Waals surface area contributed by atoms with Gasteiger partial charge in [0.05, 0.1) is 24.4 Å². The van der Waals surface area contributed by atoms with Crippen LogP contribution in [-0.4, -0.2) is 45.7 Å². The van der Waals surface area contributed by atoms with Crippen LogP contribution in [0.25, 0.3) is 0 Å². The quantitative estimate of drug-likeness (QED) is 0.425. The Kier molecular flexibility index (Phi) is 13.4. The van der Waals surface area contributed by atoms with Crippen molar-refractivity contribution in [3.05, 3.63) is 72.9 Å². The van der Waals surface area contributed by atoms with Gasteiger partial charge in [-0.05, 0) is 39.0 Å². The smallest absolute Gasteiger partial charge is 0.331 e. The first kappa shape index (κ1) is 24.8. The molecule has 0 radical (unpaired) electrons. The molecule has 0 aromatic rings. The first-order valence-corrected chi connectivity index (χ1v) is 10.2. The van der Waals surface area contributed by atoms with Crippen LogP contribution in [0.1, 0.15) is 45.4 Å². The van der Waals surface area contributed by atoms with E-state index in [1.165, 1.54) is 6.08 Å². The van der Waals surface area contributed by atoms with E-state index in [0.717, 1.165) is 19.3 Å². The molecule has 29 heavy (non-hydrogen) atoms. The molecule has 0 aromatic heterocycles. The zero-order chi connectivity index (χ0) is 21.3. The van der Waals surface area contributed by atoms with Gasteiger partial charge < -0.3 is 20.1 Å². The van der Waals surface area contributed by atoms with Gasteiger partial charge in [-0.15, -0.1) is 0 Å². The third kappa shape index (κ3) is 14.4. The van der Waals surface area contributed by atoms with E-state index >= 15 is 0 Å². The lowest BCUT2D eigenvalue weighted by Gasteiger charge is -2.11. The predicted molar refractivity (Wildman–Crippen MR) is 116 cm³/mol. The molecule has 1 rings (SSSR count). The van der Waals surface area contributed by atoms with Crippen molar-refractivity contribution in [1.29, 1.82) is 0 Å². The summed E-state index contributed by atoms with van der Waals surface area (Å²) in [4.78, 5) is 11.7. The number of rotatable bonds is 0. The van der Waals surface area contributed by atoms with Crippen LogP contribution in [0.15, 0.2) is 72.9 Å². The maximum atomic E-state index is 11.7. The van der Waals surface area contributed by atoms with E-state index in [-0.39, 0.29) is 18.5 Å². The Labute approximate surface area is 174 Å². The number of carbonyl (C=O) groups excluding carboxylic acids is 1. The van der Waals surface area contributed by atoms with Gasteiger partial charge in [-0.1, -0.05) is 66.8 Å². The first-order valence-electron chi connectivity index (χ1n) is 10.2. The van der Waals surface area contributed by atoms with E-state index in [2.05, 4.69) is 0 Å². The van der Waals surface area contributed by atoms with Crippen LogP contribution in [-0.2, 0) is 9.53 Å². The summed E-state index contributed by atoms with van der Waals surface area (Å²) in [5.41, 5.74) is 0. The molecule has 5 nitrogen and oxygen atoms in total. The van der Waals surface area contributed by atoms with Gasteiger partial charge in [-0.25, -0.2) is 4.79 Å². The molecule has 5 heteroatoms. The summed E-state index contributed by atoms with van der Waals surface area (Å²) in [7, 11) is 0. The maximum absolute atomic E-state index is 11.7. The molecule has 4 unspecified atom stereocenters. The minimum Gasteiger partial charge on any atom is -0.460 e. The van der Waals surface area contributed by atoms with Gasteiger partial charge in [-0.2, -0.15) is 0 Å². The van der Waals surface area contributed by atoms with Crippen molar-refractivity contribution in [1.82, 2.24) is 0 Å². The van der Waals surface area contributed by atoms with Crippen LogP contribution in [0.4, 0.5) is 0 Å². The van der Waals surface area contributed by atoms with Crippen molar-refractivity contribution >= 4 is 5.97 Å². The Balaban J connectivity index is 2.66. The lowest BCUT2D eigenvalue weighted by atomic mass is 10.1. The summed E-state index contributed by atoms with van der Waals surface area (Å²) >= 11 is 0. The number of ether oxygens (including phenoxy) is 1. The van der Waals surface area contributed by atoms with Crippen molar-refractivity contribution < 1.29 is 24.9 Å². The Bertz CT molecular complexity index is 627. The van der Waals surface area contributed by atoms with Gasteiger partial charge >= 0.3 is 5.97 Å². The van der Waals surface area contributed by atoms with Crippen LogP contribution >= 0.6 is 0 Å². The lowest BCUT2D eigenvalue weighted by Crippen LogP contribution is -2.15. The third-order valence-corrected chi connectivity index (χ3v) is 4.22. The van der Waals surface area contributed by atoms with Crippen molar-refractivity contribution in [2.75, 3.05) is 0 Å². The number of carbonyl (C=O) groups is 1. The summed E-state index contributed by atoms with van der Waals surface area (Å²) in [6, 6.07) is 0. The molecule has 3 N–H and O–H groups in total. The Morgan fingerprint density at radius 2 is 1.69 bits per heavy atom. The fourth-order valence-corrected chi connectivity index (χ4v) is 2.67. The molecule has 0 saturated heterocycles. The molecule has 0 fully saturated rings. The van der Waals surface area contributed by atoms with Gasteiger partial charge in [0.2, 0.25) is 0 Å². The normalized spacial score (nSPS) is 35.4. The van der Waals surface area contributed by atoms with E-state index in [9.17, 15) is 20.1 Å². The predicted octanol–water partition coefficient (Wildman–Crippen LogP) is 3.69. The highest BCUT2D eigenvalue weighted by atomic mass is 16.5. The molecule has 4 atom stereocenters. The average molecular weight is 403 g/mol. The molecular formula is C24H34O5. The highest BCUT2D eigenvalue weighted by Gasteiger charge is 2.08. The van der Waals surface area contributed by atoms with Crippen LogP contribution in [0.5, 0.6) is 0 Å². The largest absolute Gasteiger partial charge is 0.460 e. The number of esters is 1. The minimum absolute atomic E-state index is 0.147.